The van der Waals surface area contributed by atoms with E-state index in [0.717, 1.165) is 23.0 Å². The minimum absolute atomic E-state index is 0.153. The number of hydrogen-bond donors (Lipinski definition) is 1. The maximum Gasteiger partial charge on any atom is 0.249 e. The molecule has 0 saturated heterocycles. The standard InChI is InChI=1S/C17H18N8O/c1-4-13(17-20-10(2)24-26-17)21-15-12-9-19-25(3)16(12)23-14(22-15)11-5-7-18-8-6-11/h5-9,13H,4H2,1-3H3,(H,21,22,23)/t13-/m1/s1. The fourth-order valence-corrected chi connectivity index (χ4v) is 2.72. The van der Waals surface area contributed by atoms with Crippen LogP contribution in [0.3, 0.4) is 0 Å². The Morgan fingerprint density at radius 2 is 2.00 bits per heavy atom. The maximum absolute atomic E-state index is 5.33. The van der Waals surface area contributed by atoms with Gasteiger partial charge in [-0.15, -0.1) is 0 Å². The largest absolute Gasteiger partial charge is 0.358 e. The van der Waals surface area contributed by atoms with E-state index in [0.29, 0.717) is 23.4 Å². The van der Waals surface area contributed by atoms with Crippen LogP contribution in [0.25, 0.3) is 22.4 Å². The SMILES string of the molecule is CC[C@@H](Nc1nc(-c2ccncc2)nc2c1cnn2C)c1nc(C)no1. The predicted molar refractivity (Wildman–Crippen MR) is 95.2 cm³/mol. The van der Waals surface area contributed by atoms with E-state index in [9.17, 15) is 0 Å². The summed E-state index contributed by atoms with van der Waals surface area (Å²) in [7, 11) is 1.86. The number of rotatable bonds is 5. The van der Waals surface area contributed by atoms with Gasteiger partial charge in [0.2, 0.25) is 5.89 Å². The molecule has 0 amide bonds. The summed E-state index contributed by atoms with van der Waals surface area (Å²) < 4.78 is 7.05. The molecular formula is C17H18N8O. The third kappa shape index (κ3) is 2.87. The third-order valence-electron chi connectivity index (χ3n) is 4.09. The molecule has 0 bridgehead atoms. The van der Waals surface area contributed by atoms with E-state index in [1.807, 2.05) is 26.1 Å². The molecule has 0 aliphatic rings. The summed E-state index contributed by atoms with van der Waals surface area (Å²) in [5, 5.41) is 12.4. The van der Waals surface area contributed by atoms with Crippen LogP contribution >= 0.6 is 0 Å². The van der Waals surface area contributed by atoms with Gasteiger partial charge in [-0.1, -0.05) is 12.1 Å². The Kier molecular flexibility index (Phi) is 4.04. The first-order chi connectivity index (χ1) is 12.7. The predicted octanol–water partition coefficient (Wildman–Crippen LogP) is 2.68. The van der Waals surface area contributed by atoms with Gasteiger partial charge in [0.05, 0.1) is 11.6 Å². The molecule has 9 nitrogen and oxygen atoms in total. The van der Waals surface area contributed by atoms with Gasteiger partial charge in [-0.05, 0) is 25.5 Å². The van der Waals surface area contributed by atoms with Crippen molar-refractivity contribution >= 4 is 16.9 Å². The lowest BCUT2D eigenvalue weighted by Crippen LogP contribution is -2.12. The quantitative estimate of drug-likeness (QED) is 0.585. The van der Waals surface area contributed by atoms with Crippen molar-refractivity contribution in [3.8, 4) is 11.4 Å². The van der Waals surface area contributed by atoms with Gasteiger partial charge in [-0.3, -0.25) is 9.67 Å². The van der Waals surface area contributed by atoms with Crippen LogP contribution in [0.2, 0.25) is 0 Å². The zero-order valence-corrected chi connectivity index (χ0v) is 14.7. The van der Waals surface area contributed by atoms with Crippen LogP contribution < -0.4 is 5.32 Å². The van der Waals surface area contributed by atoms with E-state index in [1.165, 1.54) is 0 Å². The highest BCUT2D eigenvalue weighted by atomic mass is 16.5. The first-order valence-electron chi connectivity index (χ1n) is 8.32. The van der Waals surface area contributed by atoms with Crippen molar-refractivity contribution in [2.45, 2.75) is 26.3 Å². The number of anilines is 1. The second-order valence-corrected chi connectivity index (χ2v) is 5.92. The number of pyridine rings is 1. The fraction of sp³-hybridized carbons (Fsp3) is 0.294. The van der Waals surface area contributed by atoms with Gasteiger partial charge in [0.25, 0.3) is 0 Å². The fourth-order valence-electron chi connectivity index (χ4n) is 2.72. The van der Waals surface area contributed by atoms with Crippen LogP contribution in [0.5, 0.6) is 0 Å². The summed E-state index contributed by atoms with van der Waals surface area (Å²) in [6.45, 7) is 3.84. The molecule has 1 N–H and O–H groups in total. The Morgan fingerprint density at radius 1 is 1.19 bits per heavy atom. The van der Waals surface area contributed by atoms with Crippen molar-refractivity contribution < 1.29 is 4.52 Å². The van der Waals surface area contributed by atoms with Crippen LogP contribution in [-0.4, -0.2) is 34.9 Å². The molecule has 0 saturated carbocycles. The number of aromatic nitrogens is 7. The molecule has 0 unspecified atom stereocenters. The summed E-state index contributed by atoms with van der Waals surface area (Å²) in [5.41, 5.74) is 1.62. The Morgan fingerprint density at radius 3 is 2.69 bits per heavy atom. The average Bonchev–Trinajstić information content (AvgIpc) is 3.26. The number of fused-ring (bicyclic) bond motifs is 1. The van der Waals surface area contributed by atoms with Crippen molar-refractivity contribution in [2.24, 2.45) is 7.05 Å². The van der Waals surface area contributed by atoms with Crippen LogP contribution in [0.4, 0.5) is 5.82 Å². The minimum Gasteiger partial charge on any atom is -0.358 e. The van der Waals surface area contributed by atoms with Gasteiger partial charge < -0.3 is 9.84 Å². The summed E-state index contributed by atoms with van der Waals surface area (Å²) in [5.74, 6) is 2.42. The molecule has 26 heavy (non-hydrogen) atoms. The minimum atomic E-state index is -0.153. The summed E-state index contributed by atoms with van der Waals surface area (Å²) in [6.07, 6.45) is 5.95. The second-order valence-electron chi connectivity index (χ2n) is 5.92. The van der Waals surface area contributed by atoms with Crippen molar-refractivity contribution in [2.75, 3.05) is 5.32 Å². The zero-order valence-electron chi connectivity index (χ0n) is 14.7. The molecule has 0 aromatic carbocycles. The van der Waals surface area contributed by atoms with Crippen molar-refractivity contribution in [1.29, 1.82) is 0 Å². The molecule has 0 radical (unpaired) electrons. The normalized spacial score (nSPS) is 12.4. The zero-order chi connectivity index (χ0) is 18.1. The van der Waals surface area contributed by atoms with Crippen LogP contribution in [-0.2, 0) is 7.05 Å². The lowest BCUT2D eigenvalue weighted by molar-refractivity contribution is 0.356. The van der Waals surface area contributed by atoms with Gasteiger partial charge >= 0.3 is 0 Å². The molecular weight excluding hydrogens is 332 g/mol. The van der Waals surface area contributed by atoms with Crippen LogP contribution in [0, 0.1) is 6.92 Å². The average molecular weight is 350 g/mol. The van der Waals surface area contributed by atoms with Crippen molar-refractivity contribution in [3.63, 3.8) is 0 Å². The van der Waals surface area contributed by atoms with Gasteiger partial charge in [0.1, 0.15) is 11.9 Å². The van der Waals surface area contributed by atoms with E-state index in [4.69, 9.17) is 9.51 Å². The van der Waals surface area contributed by atoms with E-state index in [1.54, 1.807) is 30.2 Å². The van der Waals surface area contributed by atoms with E-state index in [2.05, 4.69) is 30.5 Å². The lowest BCUT2D eigenvalue weighted by Gasteiger charge is -2.15. The molecule has 0 aliphatic carbocycles. The van der Waals surface area contributed by atoms with Gasteiger partial charge in [0, 0.05) is 25.0 Å². The number of aryl methyl sites for hydroxylation is 2. The third-order valence-corrected chi connectivity index (χ3v) is 4.09. The summed E-state index contributed by atoms with van der Waals surface area (Å²) in [6, 6.07) is 3.60. The van der Waals surface area contributed by atoms with E-state index >= 15 is 0 Å². The number of nitrogens with one attached hydrogen (secondary N) is 1. The molecule has 4 rings (SSSR count). The molecule has 0 spiro atoms. The maximum atomic E-state index is 5.33. The van der Waals surface area contributed by atoms with Gasteiger partial charge in [-0.2, -0.15) is 10.1 Å². The van der Waals surface area contributed by atoms with Gasteiger partial charge in [0.15, 0.2) is 17.3 Å². The highest BCUT2D eigenvalue weighted by Crippen LogP contribution is 2.28. The van der Waals surface area contributed by atoms with Crippen LogP contribution in [0.15, 0.2) is 35.2 Å². The molecule has 1 atom stereocenters. The Hall–Kier alpha value is -3.36. The van der Waals surface area contributed by atoms with E-state index < -0.39 is 0 Å². The lowest BCUT2D eigenvalue weighted by atomic mass is 10.2. The van der Waals surface area contributed by atoms with E-state index in [-0.39, 0.29) is 6.04 Å². The first-order valence-corrected chi connectivity index (χ1v) is 8.32. The number of nitrogens with zero attached hydrogens (tertiary/aromatic N) is 7. The second kappa shape index (κ2) is 6.51. The summed E-state index contributed by atoms with van der Waals surface area (Å²) in [4.78, 5) is 17.7. The first kappa shape index (κ1) is 16.1. The summed E-state index contributed by atoms with van der Waals surface area (Å²) >= 11 is 0. The molecule has 132 valence electrons. The number of hydrogen-bond acceptors (Lipinski definition) is 8. The van der Waals surface area contributed by atoms with Gasteiger partial charge in [-0.25, -0.2) is 9.97 Å². The molecule has 0 fully saturated rings. The topological polar surface area (TPSA) is 107 Å². The molecule has 4 aromatic rings. The molecule has 4 aromatic heterocycles. The Bertz CT molecular complexity index is 1040. The Labute approximate surface area is 149 Å². The molecule has 9 heteroatoms. The van der Waals surface area contributed by atoms with Crippen molar-refractivity contribution in [3.05, 3.63) is 42.4 Å². The highest BCUT2D eigenvalue weighted by Gasteiger charge is 2.20. The van der Waals surface area contributed by atoms with Crippen molar-refractivity contribution in [1.82, 2.24) is 34.9 Å². The smallest absolute Gasteiger partial charge is 0.249 e. The molecule has 4 heterocycles. The highest BCUT2D eigenvalue weighted by molar-refractivity contribution is 5.88. The Balaban J connectivity index is 1.80. The van der Waals surface area contributed by atoms with Crippen LogP contribution in [0.1, 0.15) is 31.1 Å². The molecule has 0 aliphatic heterocycles. The monoisotopic (exact) mass is 350 g/mol.